The molecule has 1 amide bonds. The van der Waals surface area contributed by atoms with Crippen molar-refractivity contribution in [2.45, 2.75) is 19.9 Å². The summed E-state index contributed by atoms with van der Waals surface area (Å²) in [6.07, 6.45) is 1.92. The van der Waals surface area contributed by atoms with E-state index in [-0.39, 0.29) is 5.91 Å². The van der Waals surface area contributed by atoms with Crippen molar-refractivity contribution >= 4 is 51.6 Å². The van der Waals surface area contributed by atoms with Crippen LogP contribution in [0, 0.1) is 0 Å². The van der Waals surface area contributed by atoms with Crippen LogP contribution in [0.15, 0.2) is 54.9 Å². The van der Waals surface area contributed by atoms with Crippen LogP contribution in [0.1, 0.15) is 18.9 Å². The molecule has 2 aromatic heterocycles. The van der Waals surface area contributed by atoms with Gasteiger partial charge in [-0.3, -0.25) is 9.89 Å². The molecule has 0 atom stereocenters. The Morgan fingerprint density at radius 1 is 1.07 bits per heavy atom. The molecule has 0 radical (unpaired) electrons. The van der Waals surface area contributed by atoms with Gasteiger partial charge in [0.1, 0.15) is 17.5 Å². The van der Waals surface area contributed by atoms with Gasteiger partial charge in [-0.1, -0.05) is 36.7 Å². The summed E-state index contributed by atoms with van der Waals surface area (Å²) in [7, 11) is 0. The smallest absolute Gasteiger partial charge is 0.224 e. The maximum atomic E-state index is 11.5. The quantitative estimate of drug-likeness (QED) is 0.344. The lowest BCUT2D eigenvalue weighted by atomic mass is 10.2. The number of nitrogens with zero attached hydrogens (tertiary/aromatic N) is 3. The SMILES string of the molecule is CCC(=O)Nc1ccc(CNc2n[nH]c3ncnc(Nc4cccc(Cl)c4)c23)cc1. The largest absolute Gasteiger partial charge is 0.364 e. The van der Waals surface area contributed by atoms with Crippen molar-refractivity contribution in [2.75, 3.05) is 16.0 Å². The molecule has 0 spiro atoms. The number of hydrogen-bond acceptors (Lipinski definition) is 6. The van der Waals surface area contributed by atoms with E-state index in [4.69, 9.17) is 11.6 Å². The lowest BCUT2D eigenvalue weighted by molar-refractivity contribution is -0.115. The van der Waals surface area contributed by atoms with E-state index in [0.29, 0.717) is 35.3 Å². The Labute approximate surface area is 178 Å². The van der Waals surface area contributed by atoms with Crippen molar-refractivity contribution in [3.8, 4) is 0 Å². The number of fused-ring (bicyclic) bond motifs is 1. The predicted molar refractivity (Wildman–Crippen MR) is 119 cm³/mol. The Morgan fingerprint density at radius 3 is 2.67 bits per heavy atom. The van der Waals surface area contributed by atoms with Crippen molar-refractivity contribution in [2.24, 2.45) is 0 Å². The van der Waals surface area contributed by atoms with Gasteiger partial charge < -0.3 is 16.0 Å². The van der Waals surface area contributed by atoms with Gasteiger partial charge in [-0.15, -0.1) is 0 Å². The van der Waals surface area contributed by atoms with Crippen LogP contribution in [0.5, 0.6) is 0 Å². The molecule has 9 heteroatoms. The molecule has 152 valence electrons. The minimum absolute atomic E-state index is 0.0106. The summed E-state index contributed by atoms with van der Waals surface area (Å²) in [6.45, 7) is 2.37. The van der Waals surface area contributed by atoms with Crippen LogP contribution in [0.2, 0.25) is 5.02 Å². The van der Waals surface area contributed by atoms with Gasteiger partial charge in [0.2, 0.25) is 5.91 Å². The number of benzene rings is 2. The minimum Gasteiger partial charge on any atom is -0.364 e. The van der Waals surface area contributed by atoms with E-state index >= 15 is 0 Å². The number of halogens is 1. The molecule has 0 unspecified atom stereocenters. The Kier molecular flexibility index (Phi) is 5.76. The highest BCUT2D eigenvalue weighted by molar-refractivity contribution is 6.30. The van der Waals surface area contributed by atoms with Gasteiger partial charge in [0.25, 0.3) is 0 Å². The van der Waals surface area contributed by atoms with Gasteiger partial charge in [-0.2, -0.15) is 5.10 Å². The number of H-pyrrole nitrogens is 1. The fraction of sp³-hybridized carbons (Fsp3) is 0.143. The van der Waals surface area contributed by atoms with E-state index in [2.05, 4.69) is 36.1 Å². The molecule has 0 aliphatic carbocycles. The maximum absolute atomic E-state index is 11.5. The van der Waals surface area contributed by atoms with Gasteiger partial charge in [-0.05, 0) is 35.9 Å². The summed E-state index contributed by atoms with van der Waals surface area (Å²) in [5.74, 6) is 1.25. The van der Waals surface area contributed by atoms with Crippen molar-refractivity contribution in [1.29, 1.82) is 0 Å². The van der Waals surface area contributed by atoms with E-state index in [1.807, 2.05) is 55.5 Å². The first kappa shape index (κ1) is 19.7. The molecule has 4 N–H and O–H groups in total. The zero-order valence-electron chi connectivity index (χ0n) is 16.2. The normalized spacial score (nSPS) is 10.7. The second-order valence-electron chi connectivity index (χ2n) is 6.61. The van der Waals surface area contributed by atoms with E-state index in [1.165, 1.54) is 6.33 Å². The molecule has 0 bridgehead atoms. The molecule has 8 nitrogen and oxygen atoms in total. The zero-order chi connectivity index (χ0) is 20.9. The molecule has 30 heavy (non-hydrogen) atoms. The molecule has 0 aliphatic heterocycles. The van der Waals surface area contributed by atoms with Crippen molar-refractivity contribution in [3.63, 3.8) is 0 Å². The van der Waals surface area contributed by atoms with Gasteiger partial charge in [0, 0.05) is 29.4 Å². The Balaban J connectivity index is 1.51. The monoisotopic (exact) mass is 421 g/mol. The summed E-state index contributed by atoms with van der Waals surface area (Å²) < 4.78 is 0. The van der Waals surface area contributed by atoms with Crippen LogP contribution in [-0.4, -0.2) is 26.1 Å². The van der Waals surface area contributed by atoms with Gasteiger partial charge in [0.15, 0.2) is 11.5 Å². The summed E-state index contributed by atoms with van der Waals surface area (Å²) >= 11 is 6.08. The highest BCUT2D eigenvalue weighted by Crippen LogP contribution is 2.29. The Bertz CT molecular complexity index is 1170. The van der Waals surface area contributed by atoms with E-state index < -0.39 is 0 Å². The fourth-order valence-electron chi connectivity index (χ4n) is 2.93. The standard InChI is InChI=1S/C21H20ClN7O/c1-2-17(30)26-15-8-6-13(7-9-15)11-23-20-18-19(24-12-25-21(18)29-28-20)27-16-5-3-4-14(22)10-16/h3-10,12H,2,11H2,1H3,(H,26,30)(H3,23,24,25,27,28,29). The summed E-state index contributed by atoms with van der Waals surface area (Å²) in [6, 6.07) is 15.1. The van der Waals surface area contributed by atoms with Crippen molar-refractivity contribution in [3.05, 3.63) is 65.4 Å². The van der Waals surface area contributed by atoms with E-state index in [0.717, 1.165) is 22.3 Å². The molecule has 4 rings (SSSR count). The number of amides is 1. The molecule has 4 aromatic rings. The number of rotatable bonds is 7. The highest BCUT2D eigenvalue weighted by Gasteiger charge is 2.13. The molecule has 2 heterocycles. The third-order valence-corrected chi connectivity index (χ3v) is 4.70. The minimum atomic E-state index is -0.0106. The number of carbonyl (C=O) groups is 1. The second-order valence-corrected chi connectivity index (χ2v) is 7.04. The topological polar surface area (TPSA) is 108 Å². The highest BCUT2D eigenvalue weighted by atomic mass is 35.5. The molecule has 2 aromatic carbocycles. The second kappa shape index (κ2) is 8.79. The average molecular weight is 422 g/mol. The first-order valence-electron chi connectivity index (χ1n) is 9.46. The Hall–Kier alpha value is -3.65. The van der Waals surface area contributed by atoms with Crippen LogP contribution in [-0.2, 0) is 11.3 Å². The third-order valence-electron chi connectivity index (χ3n) is 4.46. The fourth-order valence-corrected chi connectivity index (χ4v) is 3.12. The third kappa shape index (κ3) is 4.49. The first-order chi connectivity index (χ1) is 14.6. The summed E-state index contributed by atoms with van der Waals surface area (Å²) in [4.78, 5) is 20.1. The molecule has 0 aliphatic rings. The number of carbonyl (C=O) groups excluding carboxylic acids is 1. The van der Waals surface area contributed by atoms with Crippen LogP contribution < -0.4 is 16.0 Å². The number of nitrogens with one attached hydrogen (secondary N) is 4. The van der Waals surface area contributed by atoms with Gasteiger partial charge in [0.05, 0.1) is 0 Å². The molecular formula is C21H20ClN7O. The van der Waals surface area contributed by atoms with Gasteiger partial charge >= 0.3 is 0 Å². The first-order valence-corrected chi connectivity index (χ1v) is 9.84. The Morgan fingerprint density at radius 2 is 1.90 bits per heavy atom. The average Bonchev–Trinajstić information content (AvgIpc) is 3.17. The number of aromatic nitrogens is 4. The van der Waals surface area contributed by atoms with Crippen molar-refractivity contribution in [1.82, 2.24) is 20.2 Å². The van der Waals surface area contributed by atoms with Crippen LogP contribution in [0.25, 0.3) is 11.0 Å². The van der Waals surface area contributed by atoms with Crippen molar-refractivity contribution < 1.29 is 4.79 Å². The molecule has 0 saturated heterocycles. The van der Waals surface area contributed by atoms with E-state index in [9.17, 15) is 4.79 Å². The number of hydrogen-bond donors (Lipinski definition) is 4. The van der Waals surface area contributed by atoms with Gasteiger partial charge in [-0.25, -0.2) is 9.97 Å². The predicted octanol–water partition coefficient (Wildman–Crippen LogP) is 4.71. The lowest BCUT2D eigenvalue weighted by Gasteiger charge is -2.09. The van der Waals surface area contributed by atoms with Crippen LogP contribution >= 0.6 is 11.6 Å². The summed E-state index contributed by atoms with van der Waals surface area (Å²) in [5.41, 5.74) is 3.26. The van der Waals surface area contributed by atoms with Crippen LogP contribution in [0.4, 0.5) is 23.0 Å². The van der Waals surface area contributed by atoms with Crippen LogP contribution in [0.3, 0.4) is 0 Å². The summed E-state index contributed by atoms with van der Waals surface area (Å²) in [5, 5.41) is 18.1. The maximum Gasteiger partial charge on any atom is 0.224 e. The molecule has 0 fully saturated rings. The lowest BCUT2D eigenvalue weighted by Crippen LogP contribution is -2.09. The molecule has 0 saturated carbocycles. The zero-order valence-corrected chi connectivity index (χ0v) is 17.0. The molecular weight excluding hydrogens is 402 g/mol. The number of aromatic amines is 1. The number of anilines is 4. The van der Waals surface area contributed by atoms with E-state index in [1.54, 1.807) is 0 Å².